The molecule has 0 atom stereocenters. The van der Waals surface area contributed by atoms with E-state index in [1.54, 1.807) is 12.1 Å². The molecule has 0 aromatic heterocycles. The second-order valence-corrected chi connectivity index (χ2v) is 6.97. The molecule has 1 rings (SSSR count). The molecule has 0 unspecified atom stereocenters. The van der Waals surface area contributed by atoms with Crippen LogP contribution in [0.3, 0.4) is 0 Å². The summed E-state index contributed by atoms with van der Waals surface area (Å²) in [6.07, 6.45) is 12.5. The topological polar surface area (TPSA) is 43.1 Å². The van der Waals surface area contributed by atoms with E-state index < -0.39 is 0 Å². The van der Waals surface area contributed by atoms with E-state index >= 15 is 0 Å². The lowest BCUT2D eigenvalue weighted by atomic mass is 10.0. The number of carbonyl (C=O) groups excluding carboxylic acids is 1. The minimum Gasteiger partial charge on any atom is -0.366 e. The van der Waals surface area contributed by atoms with Gasteiger partial charge in [-0.1, -0.05) is 110 Å². The van der Waals surface area contributed by atoms with Crippen molar-refractivity contribution in [3.05, 3.63) is 35.4 Å². The summed E-state index contributed by atoms with van der Waals surface area (Å²) in [6.45, 7) is 13.3. The van der Waals surface area contributed by atoms with Crippen LogP contribution in [0.15, 0.2) is 24.3 Å². The Bertz CT molecular complexity index is 387. The number of carbonyl (C=O) groups is 1. The van der Waals surface area contributed by atoms with E-state index in [2.05, 4.69) is 34.6 Å². The highest BCUT2D eigenvalue weighted by atomic mass is 16.1. The van der Waals surface area contributed by atoms with Gasteiger partial charge in [0, 0.05) is 5.56 Å². The summed E-state index contributed by atoms with van der Waals surface area (Å²) in [5, 5.41) is 0. The summed E-state index contributed by atoms with van der Waals surface area (Å²) in [4.78, 5) is 10.5. The first kappa shape index (κ1) is 25.9. The fraction of sp³-hybridized carbons (Fsp3) is 0.696. The number of aryl methyl sites for hydroxylation is 1. The molecule has 0 aliphatic heterocycles. The van der Waals surface area contributed by atoms with Gasteiger partial charge in [0.1, 0.15) is 0 Å². The van der Waals surface area contributed by atoms with Gasteiger partial charge in [-0.25, -0.2) is 0 Å². The van der Waals surface area contributed by atoms with E-state index in [9.17, 15) is 4.79 Å². The number of nitrogens with two attached hydrogens (primary N) is 1. The molecule has 0 aliphatic carbocycles. The number of benzene rings is 1. The van der Waals surface area contributed by atoms with Crippen molar-refractivity contribution in [2.75, 3.05) is 0 Å². The first-order valence-electron chi connectivity index (χ1n) is 10.3. The Labute approximate surface area is 157 Å². The van der Waals surface area contributed by atoms with Gasteiger partial charge in [0.15, 0.2) is 0 Å². The quantitative estimate of drug-likeness (QED) is 0.467. The number of amides is 1. The molecular formula is C23H43NO. The van der Waals surface area contributed by atoms with Crippen LogP contribution in [0, 0.1) is 12.8 Å². The SMILES string of the molecule is CCCC(C)CCC.CCCCCCC.Cc1ccc(C(N)=O)cc1. The Hall–Kier alpha value is -1.31. The lowest BCUT2D eigenvalue weighted by molar-refractivity contribution is 0.100. The molecule has 0 aliphatic rings. The summed E-state index contributed by atoms with van der Waals surface area (Å²) in [7, 11) is 0. The Morgan fingerprint density at radius 2 is 1.28 bits per heavy atom. The van der Waals surface area contributed by atoms with Crippen molar-refractivity contribution in [1.82, 2.24) is 0 Å². The smallest absolute Gasteiger partial charge is 0.248 e. The molecule has 146 valence electrons. The Kier molecular flexibility index (Phi) is 19.7. The first-order chi connectivity index (χ1) is 11.9. The van der Waals surface area contributed by atoms with Crippen molar-refractivity contribution in [2.24, 2.45) is 11.7 Å². The van der Waals surface area contributed by atoms with Gasteiger partial charge in [-0.05, 0) is 25.0 Å². The molecule has 1 aromatic rings. The highest BCUT2D eigenvalue weighted by Gasteiger charge is 1.96. The van der Waals surface area contributed by atoms with Crippen molar-refractivity contribution in [2.45, 2.75) is 99.3 Å². The second-order valence-electron chi connectivity index (χ2n) is 6.97. The van der Waals surface area contributed by atoms with E-state index in [1.807, 2.05) is 19.1 Å². The van der Waals surface area contributed by atoms with Gasteiger partial charge in [-0.2, -0.15) is 0 Å². The fourth-order valence-corrected chi connectivity index (χ4v) is 2.52. The van der Waals surface area contributed by atoms with Crippen LogP contribution < -0.4 is 5.73 Å². The van der Waals surface area contributed by atoms with E-state index in [0.29, 0.717) is 5.56 Å². The molecule has 0 bridgehead atoms. The van der Waals surface area contributed by atoms with Crippen LogP contribution in [-0.2, 0) is 0 Å². The molecule has 2 N–H and O–H groups in total. The fourth-order valence-electron chi connectivity index (χ4n) is 2.52. The highest BCUT2D eigenvalue weighted by Crippen LogP contribution is 2.10. The zero-order valence-corrected chi connectivity index (χ0v) is 17.7. The summed E-state index contributed by atoms with van der Waals surface area (Å²) in [5.41, 5.74) is 6.72. The van der Waals surface area contributed by atoms with E-state index in [4.69, 9.17) is 5.73 Å². The normalized spacial score (nSPS) is 9.72. The van der Waals surface area contributed by atoms with Gasteiger partial charge < -0.3 is 5.73 Å². The average Bonchev–Trinajstić information content (AvgIpc) is 2.57. The van der Waals surface area contributed by atoms with Crippen LogP contribution in [0.5, 0.6) is 0 Å². The van der Waals surface area contributed by atoms with Crippen molar-refractivity contribution in [3.63, 3.8) is 0 Å². The maximum absolute atomic E-state index is 10.5. The number of primary amides is 1. The predicted molar refractivity (Wildman–Crippen MR) is 113 cm³/mol. The van der Waals surface area contributed by atoms with Gasteiger partial charge in [0.25, 0.3) is 0 Å². The summed E-state index contributed by atoms with van der Waals surface area (Å²) >= 11 is 0. The first-order valence-corrected chi connectivity index (χ1v) is 10.3. The summed E-state index contributed by atoms with van der Waals surface area (Å²) in [5.74, 6) is 0.588. The minimum absolute atomic E-state index is 0.375. The third-order valence-electron chi connectivity index (χ3n) is 4.11. The van der Waals surface area contributed by atoms with Crippen LogP contribution in [0.1, 0.15) is 108 Å². The lowest BCUT2D eigenvalue weighted by Gasteiger charge is -2.05. The standard InChI is InChI=1S/C8H9NO.C8H18.C7H16/c1-6-2-4-7(5-3-6)8(9)10;1-4-6-8(3)7-5-2;1-3-5-7-6-4-2/h2-5H,1H3,(H2,9,10);8H,4-7H2,1-3H3;3-7H2,1-2H3. The van der Waals surface area contributed by atoms with Crippen LogP contribution in [0.4, 0.5) is 0 Å². The highest BCUT2D eigenvalue weighted by molar-refractivity contribution is 5.92. The number of unbranched alkanes of at least 4 members (excludes halogenated alkanes) is 4. The lowest BCUT2D eigenvalue weighted by Crippen LogP contribution is -2.10. The van der Waals surface area contributed by atoms with Crippen LogP contribution in [-0.4, -0.2) is 5.91 Å². The zero-order valence-electron chi connectivity index (χ0n) is 17.7. The largest absolute Gasteiger partial charge is 0.366 e. The minimum atomic E-state index is -0.375. The molecule has 0 heterocycles. The molecule has 1 amide bonds. The van der Waals surface area contributed by atoms with Gasteiger partial charge in [-0.3, -0.25) is 4.79 Å². The number of rotatable bonds is 9. The van der Waals surface area contributed by atoms with E-state index in [0.717, 1.165) is 11.5 Å². The Balaban J connectivity index is 0. The molecule has 25 heavy (non-hydrogen) atoms. The molecular weight excluding hydrogens is 306 g/mol. The van der Waals surface area contributed by atoms with Crippen molar-refractivity contribution in [1.29, 1.82) is 0 Å². The molecule has 0 saturated carbocycles. The molecule has 2 nitrogen and oxygen atoms in total. The van der Waals surface area contributed by atoms with E-state index in [1.165, 1.54) is 57.8 Å². The summed E-state index contributed by atoms with van der Waals surface area (Å²) in [6, 6.07) is 7.16. The van der Waals surface area contributed by atoms with Crippen LogP contribution in [0.2, 0.25) is 0 Å². The van der Waals surface area contributed by atoms with Gasteiger partial charge >= 0.3 is 0 Å². The second kappa shape index (κ2) is 19.0. The van der Waals surface area contributed by atoms with Crippen molar-refractivity contribution < 1.29 is 4.79 Å². The van der Waals surface area contributed by atoms with Gasteiger partial charge in [0.05, 0.1) is 0 Å². The molecule has 0 spiro atoms. The maximum atomic E-state index is 10.5. The van der Waals surface area contributed by atoms with Gasteiger partial charge in [0.2, 0.25) is 5.91 Å². The molecule has 0 saturated heterocycles. The molecule has 1 aromatic carbocycles. The Morgan fingerprint density at radius 1 is 0.840 bits per heavy atom. The van der Waals surface area contributed by atoms with Crippen LogP contribution in [0.25, 0.3) is 0 Å². The van der Waals surface area contributed by atoms with E-state index in [-0.39, 0.29) is 5.91 Å². The summed E-state index contributed by atoms with van der Waals surface area (Å²) < 4.78 is 0. The maximum Gasteiger partial charge on any atom is 0.248 e. The number of hydrogen-bond donors (Lipinski definition) is 1. The number of hydrogen-bond acceptors (Lipinski definition) is 1. The molecule has 0 fully saturated rings. The predicted octanol–water partition coefficient (Wildman–Crippen LogP) is 7.29. The average molecular weight is 350 g/mol. The monoisotopic (exact) mass is 349 g/mol. The molecule has 0 radical (unpaired) electrons. The zero-order chi connectivity index (χ0) is 19.5. The third-order valence-corrected chi connectivity index (χ3v) is 4.11. The third kappa shape index (κ3) is 18.9. The van der Waals surface area contributed by atoms with Gasteiger partial charge in [-0.15, -0.1) is 0 Å². The van der Waals surface area contributed by atoms with Crippen molar-refractivity contribution in [3.8, 4) is 0 Å². The molecule has 2 heteroatoms. The van der Waals surface area contributed by atoms with Crippen LogP contribution >= 0.6 is 0 Å². The van der Waals surface area contributed by atoms with Crippen molar-refractivity contribution >= 4 is 5.91 Å². The Morgan fingerprint density at radius 3 is 1.60 bits per heavy atom.